The minimum Gasteiger partial charge on any atom is -0.495 e. The van der Waals surface area contributed by atoms with Gasteiger partial charge in [-0.15, -0.1) is 10.2 Å². The Balaban J connectivity index is 1.58. The summed E-state index contributed by atoms with van der Waals surface area (Å²) in [5.74, 6) is 0.699. The first kappa shape index (κ1) is 16.6. The minimum absolute atomic E-state index is 0.184. The molecule has 7 heteroatoms. The Morgan fingerprint density at radius 3 is 2.68 bits per heavy atom. The van der Waals surface area contributed by atoms with Gasteiger partial charge in [0.25, 0.3) is 0 Å². The van der Waals surface area contributed by atoms with Gasteiger partial charge in [-0.25, -0.2) is 4.39 Å². The molecule has 2 aromatic carbocycles. The van der Waals surface area contributed by atoms with Crippen LogP contribution in [0.4, 0.5) is 10.1 Å². The molecule has 1 N–H and O–H groups in total. The second kappa shape index (κ2) is 7.57. The molecule has 1 aromatic heterocycles. The van der Waals surface area contributed by atoms with Crippen LogP contribution < -0.4 is 10.1 Å². The zero-order valence-electron chi connectivity index (χ0n) is 13.5. The number of carbonyl (C=O) groups is 1. The van der Waals surface area contributed by atoms with E-state index in [1.54, 1.807) is 31.4 Å². The summed E-state index contributed by atoms with van der Waals surface area (Å²) in [6.07, 6.45) is 0.484. The number of hydrogen-bond donors (Lipinski definition) is 1. The molecule has 3 aromatic rings. The number of carbonyl (C=O) groups excluding carboxylic acids is 1. The van der Waals surface area contributed by atoms with Crippen molar-refractivity contribution in [1.29, 1.82) is 0 Å². The number of aromatic nitrogens is 2. The predicted octanol–water partition coefficient (Wildman–Crippen LogP) is 3.46. The first-order valence-electron chi connectivity index (χ1n) is 7.67. The van der Waals surface area contributed by atoms with Crippen LogP contribution in [-0.2, 0) is 11.2 Å². The van der Waals surface area contributed by atoms with Gasteiger partial charge in [0.15, 0.2) is 0 Å². The lowest BCUT2D eigenvalue weighted by Crippen LogP contribution is -2.13. The Bertz CT molecular complexity index is 862. The highest BCUT2D eigenvalue weighted by Crippen LogP contribution is 2.23. The lowest BCUT2D eigenvalue weighted by molar-refractivity contribution is -0.116. The van der Waals surface area contributed by atoms with Crippen LogP contribution in [0.3, 0.4) is 0 Å². The van der Waals surface area contributed by atoms with Crippen LogP contribution in [0, 0.1) is 5.82 Å². The van der Waals surface area contributed by atoms with E-state index in [1.807, 2.05) is 12.1 Å². The van der Waals surface area contributed by atoms with E-state index in [-0.39, 0.29) is 18.1 Å². The molecule has 0 radical (unpaired) electrons. The average molecular weight is 341 g/mol. The van der Waals surface area contributed by atoms with E-state index in [9.17, 15) is 9.18 Å². The molecule has 0 unspecified atom stereocenters. The predicted molar refractivity (Wildman–Crippen MR) is 89.6 cm³/mol. The van der Waals surface area contributed by atoms with Crippen LogP contribution in [0.2, 0.25) is 0 Å². The zero-order chi connectivity index (χ0) is 17.6. The second-order valence-corrected chi connectivity index (χ2v) is 5.26. The average Bonchev–Trinajstić information content (AvgIpc) is 3.10. The third-order valence-corrected chi connectivity index (χ3v) is 3.51. The van der Waals surface area contributed by atoms with Crippen molar-refractivity contribution in [1.82, 2.24) is 10.2 Å². The van der Waals surface area contributed by atoms with Crippen LogP contribution >= 0.6 is 0 Å². The van der Waals surface area contributed by atoms with Gasteiger partial charge in [-0.3, -0.25) is 4.79 Å². The van der Waals surface area contributed by atoms with Crippen molar-refractivity contribution in [2.45, 2.75) is 12.8 Å². The molecule has 0 bridgehead atoms. The standard InChI is InChI=1S/C18H16FN3O3/c1-24-15-5-3-2-4-14(15)20-16(23)10-11-17-21-22-18(25-17)12-6-8-13(19)9-7-12/h2-9H,10-11H2,1H3,(H,20,23). The maximum Gasteiger partial charge on any atom is 0.247 e. The van der Waals surface area contributed by atoms with Gasteiger partial charge in [-0.1, -0.05) is 12.1 Å². The molecule has 0 fully saturated rings. The monoisotopic (exact) mass is 341 g/mol. The molecule has 25 heavy (non-hydrogen) atoms. The lowest BCUT2D eigenvalue weighted by atomic mass is 10.2. The van der Waals surface area contributed by atoms with Crippen LogP contribution in [0.25, 0.3) is 11.5 Å². The minimum atomic E-state index is -0.337. The maximum absolute atomic E-state index is 12.9. The van der Waals surface area contributed by atoms with Gasteiger partial charge in [0.1, 0.15) is 11.6 Å². The van der Waals surface area contributed by atoms with Crippen molar-refractivity contribution in [3.05, 3.63) is 60.2 Å². The van der Waals surface area contributed by atoms with Crippen molar-refractivity contribution >= 4 is 11.6 Å². The second-order valence-electron chi connectivity index (χ2n) is 5.26. The quantitative estimate of drug-likeness (QED) is 0.743. The number of halogens is 1. The Morgan fingerprint density at radius 1 is 1.16 bits per heavy atom. The van der Waals surface area contributed by atoms with E-state index in [1.165, 1.54) is 12.1 Å². The van der Waals surface area contributed by atoms with Gasteiger partial charge in [-0.2, -0.15) is 0 Å². The topological polar surface area (TPSA) is 77.2 Å². The van der Waals surface area contributed by atoms with Crippen LogP contribution in [0.15, 0.2) is 52.9 Å². The number of para-hydroxylation sites is 2. The fourth-order valence-corrected chi connectivity index (χ4v) is 2.24. The Labute approximate surface area is 143 Å². The smallest absolute Gasteiger partial charge is 0.247 e. The van der Waals surface area contributed by atoms with Gasteiger partial charge >= 0.3 is 0 Å². The van der Waals surface area contributed by atoms with E-state index in [0.29, 0.717) is 35.2 Å². The summed E-state index contributed by atoms with van der Waals surface area (Å²) in [4.78, 5) is 12.1. The molecule has 0 aliphatic heterocycles. The van der Waals surface area contributed by atoms with E-state index < -0.39 is 0 Å². The van der Waals surface area contributed by atoms with Crippen LogP contribution in [0.5, 0.6) is 5.75 Å². The summed E-state index contributed by atoms with van der Waals surface area (Å²) in [6, 6.07) is 12.9. The van der Waals surface area contributed by atoms with Crippen LogP contribution in [-0.4, -0.2) is 23.2 Å². The largest absolute Gasteiger partial charge is 0.495 e. The number of amides is 1. The molecule has 0 saturated carbocycles. The number of benzene rings is 2. The normalized spacial score (nSPS) is 10.5. The van der Waals surface area contributed by atoms with E-state index in [4.69, 9.17) is 9.15 Å². The number of nitrogens with zero attached hydrogens (tertiary/aromatic N) is 2. The summed E-state index contributed by atoms with van der Waals surface area (Å²) >= 11 is 0. The molecule has 0 saturated heterocycles. The molecule has 128 valence electrons. The maximum atomic E-state index is 12.9. The molecule has 0 atom stereocenters. The van der Waals surface area contributed by atoms with Crippen molar-refractivity contribution < 1.29 is 18.3 Å². The summed E-state index contributed by atoms with van der Waals surface area (Å²) in [6.45, 7) is 0. The molecule has 1 amide bonds. The highest BCUT2D eigenvalue weighted by molar-refractivity contribution is 5.92. The Kier molecular flexibility index (Phi) is 5.03. The highest BCUT2D eigenvalue weighted by Gasteiger charge is 2.12. The molecule has 0 spiro atoms. The number of hydrogen-bond acceptors (Lipinski definition) is 5. The summed E-state index contributed by atoms with van der Waals surface area (Å²) in [7, 11) is 1.54. The van der Waals surface area contributed by atoms with E-state index in [2.05, 4.69) is 15.5 Å². The first-order valence-corrected chi connectivity index (χ1v) is 7.67. The van der Waals surface area contributed by atoms with Crippen molar-refractivity contribution in [2.75, 3.05) is 12.4 Å². The number of anilines is 1. The van der Waals surface area contributed by atoms with Gasteiger partial charge in [-0.05, 0) is 36.4 Å². The Morgan fingerprint density at radius 2 is 1.92 bits per heavy atom. The number of aryl methyl sites for hydroxylation is 1. The number of ether oxygens (including phenoxy) is 1. The molecular formula is C18H16FN3O3. The van der Waals surface area contributed by atoms with Crippen molar-refractivity contribution in [3.63, 3.8) is 0 Å². The Hall–Kier alpha value is -3.22. The fraction of sp³-hybridized carbons (Fsp3) is 0.167. The molecule has 1 heterocycles. The van der Waals surface area contributed by atoms with E-state index >= 15 is 0 Å². The van der Waals surface area contributed by atoms with Gasteiger partial charge in [0, 0.05) is 18.4 Å². The molecule has 0 aliphatic rings. The molecule has 6 nitrogen and oxygen atoms in total. The molecule has 0 aliphatic carbocycles. The lowest BCUT2D eigenvalue weighted by Gasteiger charge is -2.09. The number of nitrogens with one attached hydrogen (secondary N) is 1. The first-order chi connectivity index (χ1) is 12.2. The third kappa shape index (κ3) is 4.20. The van der Waals surface area contributed by atoms with Crippen molar-refractivity contribution in [2.24, 2.45) is 0 Å². The molecule has 3 rings (SSSR count). The third-order valence-electron chi connectivity index (χ3n) is 3.51. The SMILES string of the molecule is COc1ccccc1NC(=O)CCc1nnc(-c2ccc(F)cc2)o1. The van der Waals surface area contributed by atoms with Crippen molar-refractivity contribution in [3.8, 4) is 17.2 Å². The van der Waals surface area contributed by atoms with Gasteiger partial charge in [0.05, 0.1) is 12.8 Å². The number of rotatable bonds is 6. The van der Waals surface area contributed by atoms with Crippen LogP contribution in [0.1, 0.15) is 12.3 Å². The number of methoxy groups -OCH3 is 1. The van der Waals surface area contributed by atoms with Gasteiger partial charge in [0.2, 0.25) is 17.7 Å². The summed E-state index contributed by atoms with van der Waals surface area (Å²) < 4.78 is 23.6. The summed E-state index contributed by atoms with van der Waals surface area (Å²) in [5, 5.41) is 10.6. The molecular weight excluding hydrogens is 325 g/mol. The fourth-order valence-electron chi connectivity index (χ4n) is 2.24. The zero-order valence-corrected chi connectivity index (χ0v) is 13.5. The van der Waals surface area contributed by atoms with E-state index in [0.717, 1.165) is 0 Å². The highest BCUT2D eigenvalue weighted by atomic mass is 19.1. The summed E-state index contributed by atoms with van der Waals surface area (Å²) in [5.41, 5.74) is 1.23. The van der Waals surface area contributed by atoms with Gasteiger partial charge < -0.3 is 14.5 Å².